The lowest BCUT2D eigenvalue weighted by atomic mass is 10.2. The minimum Gasteiger partial charge on any atom is -0.396 e. The number of nitrogens with zero attached hydrogens (tertiary/aromatic N) is 2. The third-order valence-corrected chi connectivity index (χ3v) is 3.99. The molecule has 0 saturated carbocycles. The van der Waals surface area contributed by atoms with Crippen molar-refractivity contribution in [2.75, 3.05) is 5.73 Å². The lowest BCUT2D eigenvalue weighted by molar-refractivity contribution is 0.487. The summed E-state index contributed by atoms with van der Waals surface area (Å²) in [6, 6.07) is 3.41. The van der Waals surface area contributed by atoms with Gasteiger partial charge < -0.3 is 5.73 Å². The number of hydrogen-bond acceptors (Lipinski definition) is 5. The lowest BCUT2D eigenvalue weighted by Crippen LogP contribution is -1.98. The summed E-state index contributed by atoms with van der Waals surface area (Å²) in [7, 11) is 0.427. The Bertz CT molecular complexity index is 919. The molecule has 2 rings (SSSR count). The van der Waals surface area contributed by atoms with Crippen LogP contribution in [0.1, 0.15) is 0 Å². The molecule has 0 atom stereocenters. The van der Waals surface area contributed by atoms with Gasteiger partial charge in [0.1, 0.15) is 16.3 Å². The van der Waals surface area contributed by atoms with Gasteiger partial charge in [0.15, 0.2) is 23.3 Å². The first-order valence-corrected chi connectivity index (χ1v) is 8.01. The zero-order valence-corrected chi connectivity index (χ0v) is 12.5. The first-order chi connectivity index (χ1) is 10.6. The Morgan fingerprint density at radius 2 is 1.30 bits per heavy atom. The molecule has 0 unspecified atom stereocenters. The molecule has 0 bridgehead atoms. The van der Waals surface area contributed by atoms with E-state index in [0.717, 1.165) is 18.2 Å². The van der Waals surface area contributed by atoms with Crippen LogP contribution in [0.2, 0.25) is 0 Å². The van der Waals surface area contributed by atoms with E-state index < -0.39 is 54.3 Å². The average Bonchev–Trinajstić information content (AvgIpc) is 2.46. The number of anilines is 1. The summed E-state index contributed by atoms with van der Waals surface area (Å²) in [6.45, 7) is 0. The molecule has 0 heterocycles. The number of nitrogen functional groups attached to an aromatic ring is 1. The molecule has 2 aromatic rings. The van der Waals surface area contributed by atoms with Gasteiger partial charge in [0.05, 0.1) is 5.69 Å². The van der Waals surface area contributed by atoms with Crippen LogP contribution in [0.25, 0.3) is 0 Å². The molecule has 0 radical (unpaired) electrons. The number of benzene rings is 2. The van der Waals surface area contributed by atoms with Gasteiger partial charge in [0, 0.05) is 10.7 Å². The van der Waals surface area contributed by atoms with Crippen molar-refractivity contribution in [2.24, 2.45) is 10.2 Å². The van der Waals surface area contributed by atoms with Gasteiger partial charge >= 0.3 is 0 Å². The molecule has 0 spiro atoms. The van der Waals surface area contributed by atoms with Crippen LogP contribution in [-0.4, -0.2) is 8.42 Å². The largest absolute Gasteiger partial charge is 0.396 e. The van der Waals surface area contributed by atoms with E-state index in [0.29, 0.717) is 6.07 Å². The molecule has 0 aromatic heterocycles. The van der Waals surface area contributed by atoms with Gasteiger partial charge in [0.2, 0.25) is 0 Å². The van der Waals surface area contributed by atoms with E-state index in [4.69, 9.17) is 16.4 Å². The highest BCUT2D eigenvalue weighted by Gasteiger charge is 2.22. The smallest absolute Gasteiger partial charge is 0.264 e. The minimum absolute atomic E-state index is 0.463. The van der Waals surface area contributed by atoms with E-state index in [2.05, 4.69) is 10.2 Å². The molecule has 11 heteroatoms. The first-order valence-electron chi connectivity index (χ1n) is 5.70. The molecular weight excluding hydrogens is 362 g/mol. The molecule has 0 fully saturated rings. The quantitative estimate of drug-likeness (QED) is 0.382. The second-order valence-corrected chi connectivity index (χ2v) is 6.68. The fourth-order valence-electron chi connectivity index (χ4n) is 1.53. The summed E-state index contributed by atoms with van der Waals surface area (Å²) in [5.74, 6) is -6.21. The van der Waals surface area contributed by atoms with Gasteiger partial charge in [-0.2, -0.15) is 0 Å². The van der Waals surface area contributed by atoms with Crippen molar-refractivity contribution in [2.45, 2.75) is 4.90 Å². The maximum absolute atomic E-state index is 13.7. The fraction of sp³-hybridized carbons (Fsp3) is 0. The minimum atomic E-state index is -4.50. The van der Waals surface area contributed by atoms with Crippen molar-refractivity contribution in [1.29, 1.82) is 0 Å². The second-order valence-electron chi connectivity index (χ2n) is 4.15. The molecule has 0 saturated heterocycles. The van der Waals surface area contributed by atoms with Crippen molar-refractivity contribution in [3.05, 3.63) is 47.5 Å². The van der Waals surface area contributed by atoms with Crippen molar-refractivity contribution in [1.82, 2.24) is 0 Å². The normalized spacial score (nSPS) is 12.0. The van der Waals surface area contributed by atoms with Gasteiger partial charge in [-0.15, -0.1) is 10.2 Å². The maximum Gasteiger partial charge on any atom is 0.264 e. The van der Waals surface area contributed by atoms with Crippen LogP contribution in [0.5, 0.6) is 0 Å². The van der Waals surface area contributed by atoms with Gasteiger partial charge in [-0.1, -0.05) is 0 Å². The second kappa shape index (κ2) is 6.13. The number of nitrogens with two attached hydrogens (primary N) is 1. The molecule has 5 nitrogen and oxygen atoms in total. The number of rotatable bonds is 3. The standard InChI is InChI=1S/C12H6ClF4N3O2S/c13-23(21,22)8-4-3-7(11(16)12(8)17)20-19-6-2-1-5(18)9(14)10(6)15/h1-4H,18H2. The van der Waals surface area contributed by atoms with Crippen LogP contribution in [0.3, 0.4) is 0 Å². The molecule has 2 aromatic carbocycles. The van der Waals surface area contributed by atoms with Crippen LogP contribution < -0.4 is 5.73 Å². The van der Waals surface area contributed by atoms with E-state index in [9.17, 15) is 26.0 Å². The van der Waals surface area contributed by atoms with Crippen molar-refractivity contribution in [3.8, 4) is 0 Å². The average molecular weight is 368 g/mol. The molecule has 0 aliphatic carbocycles. The molecular formula is C12H6ClF4N3O2S. The van der Waals surface area contributed by atoms with Crippen LogP contribution in [0.4, 0.5) is 34.6 Å². The monoisotopic (exact) mass is 367 g/mol. The van der Waals surface area contributed by atoms with E-state index in [1.165, 1.54) is 0 Å². The predicted octanol–water partition coefficient (Wildman–Crippen LogP) is 4.17. The molecule has 2 N–H and O–H groups in total. The molecule has 0 aliphatic heterocycles. The summed E-state index contributed by atoms with van der Waals surface area (Å²) in [5, 5.41) is 6.45. The Morgan fingerprint density at radius 3 is 1.83 bits per heavy atom. The summed E-state index contributed by atoms with van der Waals surface area (Å²) < 4.78 is 76.0. The Kier molecular flexibility index (Phi) is 4.57. The fourth-order valence-corrected chi connectivity index (χ4v) is 2.42. The first kappa shape index (κ1) is 17.2. The van der Waals surface area contributed by atoms with Crippen molar-refractivity contribution in [3.63, 3.8) is 0 Å². The molecule has 0 aliphatic rings. The Morgan fingerprint density at radius 1 is 0.826 bits per heavy atom. The van der Waals surface area contributed by atoms with Gasteiger partial charge in [-0.3, -0.25) is 0 Å². The van der Waals surface area contributed by atoms with Crippen LogP contribution in [-0.2, 0) is 9.05 Å². The van der Waals surface area contributed by atoms with Crippen LogP contribution >= 0.6 is 10.7 Å². The van der Waals surface area contributed by atoms with E-state index in [1.54, 1.807) is 0 Å². The maximum atomic E-state index is 13.7. The highest BCUT2D eigenvalue weighted by atomic mass is 35.7. The Labute approximate surface area is 131 Å². The van der Waals surface area contributed by atoms with Gasteiger partial charge in [0.25, 0.3) is 9.05 Å². The van der Waals surface area contributed by atoms with E-state index in [1.807, 2.05) is 0 Å². The summed E-state index contributed by atoms with van der Waals surface area (Å²) in [4.78, 5) is -1.08. The Balaban J connectivity index is 2.46. The van der Waals surface area contributed by atoms with Gasteiger partial charge in [-0.05, 0) is 24.3 Å². The number of hydrogen-bond donors (Lipinski definition) is 1. The number of halogens is 5. The van der Waals surface area contributed by atoms with E-state index >= 15 is 0 Å². The summed E-state index contributed by atoms with van der Waals surface area (Å²) in [5.41, 5.74) is 3.33. The Hall–Kier alpha value is -2.20. The third kappa shape index (κ3) is 3.42. The zero-order chi connectivity index (χ0) is 17.4. The summed E-state index contributed by atoms with van der Waals surface area (Å²) >= 11 is 0. The molecule has 0 amide bonds. The van der Waals surface area contributed by atoms with Gasteiger partial charge in [-0.25, -0.2) is 26.0 Å². The van der Waals surface area contributed by atoms with Crippen LogP contribution in [0.15, 0.2) is 39.4 Å². The number of azo groups is 1. The SMILES string of the molecule is Nc1ccc(N=Nc2ccc(S(=O)(=O)Cl)c(F)c2F)c(F)c1F. The lowest BCUT2D eigenvalue weighted by Gasteiger charge is -2.03. The summed E-state index contributed by atoms with van der Waals surface area (Å²) in [6.07, 6.45) is 0. The molecule has 122 valence electrons. The zero-order valence-electron chi connectivity index (χ0n) is 10.9. The highest BCUT2D eigenvalue weighted by molar-refractivity contribution is 8.13. The van der Waals surface area contributed by atoms with Crippen molar-refractivity contribution >= 4 is 36.8 Å². The van der Waals surface area contributed by atoms with Crippen LogP contribution in [0, 0.1) is 23.3 Å². The van der Waals surface area contributed by atoms with Crippen molar-refractivity contribution < 1.29 is 26.0 Å². The molecule has 23 heavy (non-hydrogen) atoms. The predicted molar refractivity (Wildman–Crippen MR) is 74.3 cm³/mol. The van der Waals surface area contributed by atoms with E-state index in [-0.39, 0.29) is 0 Å². The topological polar surface area (TPSA) is 84.9 Å². The third-order valence-electron chi connectivity index (χ3n) is 2.65. The highest BCUT2D eigenvalue weighted by Crippen LogP contribution is 2.30.